The van der Waals surface area contributed by atoms with Crippen molar-refractivity contribution in [2.75, 3.05) is 20.1 Å². The SMILES string of the molecule is CCCCCN(C)C(=O)CC1CCC(CN)CC1. The minimum absolute atomic E-state index is 0.335. The van der Waals surface area contributed by atoms with E-state index in [0.29, 0.717) is 17.7 Å². The summed E-state index contributed by atoms with van der Waals surface area (Å²) in [6.07, 6.45) is 9.14. The fourth-order valence-corrected chi connectivity index (χ4v) is 2.80. The van der Waals surface area contributed by atoms with Crippen LogP contribution >= 0.6 is 0 Å². The van der Waals surface area contributed by atoms with E-state index in [4.69, 9.17) is 5.73 Å². The Kier molecular flexibility index (Phi) is 7.33. The smallest absolute Gasteiger partial charge is 0.222 e. The molecule has 0 aromatic rings. The number of nitrogens with zero attached hydrogens (tertiary/aromatic N) is 1. The summed E-state index contributed by atoms with van der Waals surface area (Å²) in [5.41, 5.74) is 5.69. The number of nitrogens with two attached hydrogens (primary N) is 1. The molecule has 0 unspecified atom stereocenters. The maximum Gasteiger partial charge on any atom is 0.222 e. The van der Waals surface area contributed by atoms with Crippen molar-refractivity contribution in [1.82, 2.24) is 4.90 Å². The van der Waals surface area contributed by atoms with Crippen molar-refractivity contribution >= 4 is 5.91 Å². The van der Waals surface area contributed by atoms with E-state index in [1.165, 1.54) is 38.5 Å². The van der Waals surface area contributed by atoms with E-state index in [2.05, 4.69) is 6.92 Å². The van der Waals surface area contributed by atoms with Crippen LogP contribution in [0.2, 0.25) is 0 Å². The Balaban J connectivity index is 2.19. The monoisotopic (exact) mass is 254 g/mol. The number of hydrogen-bond acceptors (Lipinski definition) is 2. The minimum Gasteiger partial charge on any atom is -0.346 e. The molecule has 2 N–H and O–H groups in total. The summed E-state index contributed by atoms with van der Waals surface area (Å²) in [6, 6.07) is 0. The number of rotatable bonds is 7. The Labute approximate surface area is 112 Å². The van der Waals surface area contributed by atoms with Gasteiger partial charge in [-0.15, -0.1) is 0 Å². The van der Waals surface area contributed by atoms with E-state index < -0.39 is 0 Å². The Morgan fingerprint density at radius 2 is 1.78 bits per heavy atom. The first kappa shape index (κ1) is 15.5. The number of hydrogen-bond donors (Lipinski definition) is 1. The van der Waals surface area contributed by atoms with Crippen LogP contribution in [-0.4, -0.2) is 30.9 Å². The van der Waals surface area contributed by atoms with Crippen molar-refractivity contribution in [3.63, 3.8) is 0 Å². The minimum atomic E-state index is 0.335. The Hall–Kier alpha value is -0.570. The van der Waals surface area contributed by atoms with E-state index in [9.17, 15) is 4.79 Å². The first-order valence-electron chi connectivity index (χ1n) is 7.61. The van der Waals surface area contributed by atoms with Crippen LogP contribution < -0.4 is 5.73 Å². The zero-order valence-corrected chi connectivity index (χ0v) is 12.2. The van der Waals surface area contributed by atoms with Gasteiger partial charge in [0, 0.05) is 20.0 Å². The molecule has 0 heterocycles. The molecule has 1 aliphatic carbocycles. The van der Waals surface area contributed by atoms with Gasteiger partial charge >= 0.3 is 0 Å². The predicted molar refractivity (Wildman–Crippen MR) is 76.3 cm³/mol. The van der Waals surface area contributed by atoms with Crippen molar-refractivity contribution in [3.05, 3.63) is 0 Å². The average Bonchev–Trinajstić information content (AvgIpc) is 2.39. The molecule has 1 saturated carbocycles. The lowest BCUT2D eigenvalue weighted by molar-refractivity contribution is -0.131. The highest BCUT2D eigenvalue weighted by molar-refractivity contribution is 5.76. The van der Waals surface area contributed by atoms with Crippen LogP contribution in [-0.2, 0) is 4.79 Å². The van der Waals surface area contributed by atoms with Crippen LogP contribution in [0.4, 0.5) is 0 Å². The van der Waals surface area contributed by atoms with Gasteiger partial charge in [-0.05, 0) is 50.5 Å². The standard InChI is InChI=1S/C15H30N2O/c1-3-4-5-10-17(2)15(18)11-13-6-8-14(12-16)9-7-13/h13-14H,3-12,16H2,1-2H3. The third-order valence-corrected chi connectivity index (χ3v) is 4.29. The predicted octanol–water partition coefficient (Wildman–Crippen LogP) is 2.79. The molecule has 106 valence electrons. The van der Waals surface area contributed by atoms with Gasteiger partial charge in [-0.1, -0.05) is 19.8 Å². The fourth-order valence-electron chi connectivity index (χ4n) is 2.80. The lowest BCUT2D eigenvalue weighted by Crippen LogP contribution is -2.31. The highest BCUT2D eigenvalue weighted by atomic mass is 16.2. The summed E-state index contributed by atoms with van der Waals surface area (Å²) in [6.45, 7) is 3.93. The molecule has 1 fully saturated rings. The van der Waals surface area contributed by atoms with Crippen molar-refractivity contribution in [1.29, 1.82) is 0 Å². The van der Waals surface area contributed by atoms with Gasteiger partial charge in [0.15, 0.2) is 0 Å². The van der Waals surface area contributed by atoms with Crippen LogP contribution in [0.15, 0.2) is 0 Å². The third kappa shape index (κ3) is 5.38. The van der Waals surface area contributed by atoms with E-state index >= 15 is 0 Å². The van der Waals surface area contributed by atoms with Gasteiger partial charge in [-0.25, -0.2) is 0 Å². The lowest BCUT2D eigenvalue weighted by atomic mass is 9.80. The lowest BCUT2D eigenvalue weighted by Gasteiger charge is -2.28. The average molecular weight is 254 g/mol. The molecule has 18 heavy (non-hydrogen) atoms. The van der Waals surface area contributed by atoms with E-state index in [1.54, 1.807) is 0 Å². The molecular weight excluding hydrogens is 224 g/mol. The summed E-state index contributed by atoms with van der Waals surface area (Å²) < 4.78 is 0. The normalized spacial score (nSPS) is 23.9. The van der Waals surface area contributed by atoms with Crippen LogP contribution in [0.3, 0.4) is 0 Å². The Bertz CT molecular complexity index is 235. The van der Waals surface area contributed by atoms with Crippen LogP contribution in [0, 0.1) is 11.8 Å². The first-order valence-corrected chi connectivity index (χ1v) is 7.61. The molecule has 0 aromatic carbocycles. The van der Waals surface area contributed by atoms with Crippen LogP contribution in [0.25, 0.3) is 0 Å². The van der Waals surface area contributed by atoms with E-state index in [0.717, 1.165) is 25.9 Å². The summed E-state index contributed by atoms with van der Waals surface area (Å²) in [5.74, 6) is 1.65. The second-order valence-electron chi connectivity index (χ2n) is 5.85. The van der Waals surface area contributed by atoms with Crippen LogP contribution in [0.5, 0.6) is 0 Å². The number of carbonyl (C=O) groups excluding carboxylic acids is 1. The molecule has 3 heteroatoms. The Morgan fingerprint density at radius 3 is 2.33 bits per heavy atom. The molecule has 1 rings (SSSR count). The maximum absolute atomic E-state index is 12.1. The van der Waals surface area contributed by atoms with Gasteiger partial charge in [0.1, 0.15) is 0 Å². The summed E-state index contributed by atoms with van der Waals surface area (Å²) in [4.78, 5) is 14.0. The van der Waals surface area contributed by atoms with Crippen molar-refractivity contribution in [2.45, 2.75) is 58.3 Å². The Morgan fingerprint density at radius 1 is 1.17 bits per heavy atom. The fraction of sp³-hybridized carbons (Fsp3) is 0.933. The molecule has 0 aromatic heterocycles. The second-order valence-corrected chi connectivity index (χ2v) is 5.85. The molecule has 3 nitrogen and oxygen atoms in total. The van der Waals surface area contributed by atoms with E-state index in [1.807, 2.05) is 11.9 Å². The van der Waals surface area contributed by atoms with Gasteiger partial charge in [0.25, 0.3) is 0 Å². The molecule has 1 aliphatic rings. The maximum atomic E-state index is 12.1. The highest BCUT2D eigenvalue weighted by Gasteiger charge is 2.23. The zero-order valence-electron chi connectivity index (χ0n) is 12.2. The number of unbranched alkanes of at least 4 members (excludes halogenated alkanes) is 2. The van der Waals surface area contributed by atoms with Gasteiger partial charge in [-0.3, -0.25) is 4.79 Å². The summed E-state index contributed by atoms with van der Waals surface area (Å²) in [7, 11) is 1.95. The van der Waals surface area contributed by atoms with Crippen molar-refractivity contribution in [2.24, 2.45) is 17.6 Å². The van der Waals surface area contributed by atoms with Gasteiger partial charge < -0.3 is 10.6 Å². The van der Waals surface area contributed by atoms with Gasteiger partial charge in [0.2, 0.25) is 5.91 Å². The summed E-state index contributed by atoms with van der Waals surface area (Å²) >= 11 is 0. The molecule has 1 amide bonds. The van der Waals surface area contributed by atoms with Crippen molar-refractivity contribution < 1.29 is 4.79 Å². The quantitative estimate of drug-likeness (QED) is 0.710. The first-order chi connectivity index (χ1) is 8.67. The van der Waals surface area contributed by atoms with Gasteiger partial charge in [0.05, 0.1) is 0 Å². The molecule has 0 radical (unpaired) electrons. The summed E-state index contributed by atoms with van der Waals surface area (Å²) in [5, 5.41) is 0. The molecule has 0 spiro atoms. The molecule has 0 bridgehead atoms. The van der Waals surface area contributed by atoms with Crippen LogP contribution in [0.1, 0.15) is 58.3 Å². The van der Waals surface area contributed by atoms with E-state index in [-0.39, 0.29) is 0 Å². The molecule has 0 aliphatic heterocycles. The number of carbonyl (C=O) groups is 1. The molecular formula is C15H30N2O. The highest BCUT2D eigenvalue weighted by Crippen LogP contribution is 2.30. The second kappa shape index (κ2) is 8.52. The molecule has 0 saturated heterocycles. The zero-order chi connectivity index (χ0) is 13.4. The molecule has 0 atom stereocenters. The van der Waals surface area contributed by atoms with Gasteiger partial charge in [-0.2, -0.15) is 0 Å². The topological polar surface area (TPSA) is 46.3 Å². The number of amides is 1. The third-order valence-electron chi connectivity index (χ3n) is 4.29. The largest absolute Gasteiger partial charge is 0.346 e. The van der Waals surface area contributed by atoms with Crippen molar-refractivity contribution in [3.8, 4) is 0 Å².